The first-order valence-corrected chi connectivity index (χ1v) is 9.90. The Balaban J connectivity index is 0.00000210. The van der Waals surface area contributed by atoms with Crippen molar-refractivity contribution in [2.24, 2.45) is 10.4 Å². The molecular weight excluding hydrogens is 457 g/mol. The molecule has 4 heterocycles. The number of halogens is 1. The highest BCUT2D eigenvalue weighted by Crippen LogP contribution is 2.36. The van der Waals surface area contributed by atoms with Crippen LogP contribution in [0.4, 0.5) is 0 Å². The zero-order chi connectivity index (χ0) is 18.0. The molecule has 1 unspecified atom stereocenters. The number of carbonyl (C=O) groups is 1. The van der Waals surface area contributed by atoms with Crippen LogP contribution >= 0.6 is 24.0 Å². The van der Waals surface area contributed by atoms with Gasteiger partial charge in [-0.3, -0.25) is 4.79 Å². The van der Waals surface area contributed by atoms with Crippen molar-refractivity contribution >= 4 is 35.8 Å². The van der Waals surface area contributed by atoms with Gasteiger partial charge in [0, 0.05) is 51.0 Å². The molecule has 9 heteroatoms. The van der Waals surface area contributed by atoms with Crippen LogP contribution in [-0.4, -0.2) is 57.7 Å². The normalized spacial score (nSPS) is 25.1. The van der Waals surface area contributed by atoms with Gasteiger partial charge in [-0.1, -0.05) is 0 Å². The molecule has 1 atom stereocenters. The average Bonchev–Trinajstić information content (AvgIpc) is 3.22. The number of amides is 1. The van der Waals surface area contributed by atoms with Gasteiger partial charge < -0.3 is 20.1 Å². The molecule has 3 aliphatic rings. The molecule has 2 N–H and O–H groups in total. The maximum absolute atomic E-state index is 11.7. The molecule has 27 heavy (non-hydrogen) atoms. The number of nitrogens with one attached hydrogen (secondary N) is 2. The number of guanidine groups is 1. The van der Waals surface area contributed by atoms with E-state index in [1.807, 2.05) is 0 Å². The van der Waals surface area contributed by atoms with Crippen LogP contribution in [0.15, 0.2) is 4.99 Å². The van der Waals surface area contributed by atoms with Gasteiger partial charge in [0.25, 0.3) is 0 Å². The number of likely N-dealkylation sites (tertiary alicyclic amines) is 1. The summed E-state index contributed by atoms with van der Waals surface area (Å²) >= 11 is 0. The van der Waals surface area contributed by atoms with E-state index in [4.69, 9.17) is 4.99 Å². The lowest BCUT2D eigenvalue weighted by atomic mass is 9.79. The van der Waals surface area contributed by atoms with Crippen LogP contribution in [0.5, 0.6) is 0 Å². The minimum atomic E-state index is 0. The van der Waals surface area contributed by atoms with Gasteiger partial charge in [0.1, 0.15) is 12.4 Å². The van der Waals surface area contributed by atoms with Crippen LogP contribution in [0.3, 0.4) is 0 Å². The molecular formula is C18H30IN7O. The fourth-order valence-corrected chi connectivity index (χ4v) is 4.49. The van der Waals surface area contributed by atoms with Gasteiger partial charge in [-0.15, -0.1) is 34.2 Å². The Hall–Kier alpha value is -1.39. The zero-order valence-corrected chi connectivity index (χ0v) is 18.4. The van der Waals surface area contributed by atoms with Crippen LogP contribution in [0.25, 0.3) is 0 Å². The molecule has 2 saturated heterocycles. The SMILES string of the molecule is CCNC(=NCc1nnc2n1CCCC2)N1CCCC2(CNC(=O)C2)C1.I. The number of piperidine rings is 1. The fourth-order valence-electron chi connectivity index (χ4n) is 4.49. The average molecular weight is 487 g/mol. The summed E-state index contributed by atoms with van der Waals surface area (Å²) in [5, 5.41) is 15.1. The second-order valence-corrected chi connectivity index (χ2v) is 7.79. The smallest absolute Gasteiger partial charge is 0.220 e. The molecule has 0 aliphatic carbocycles. The molecule has 150 valence electrons. The number of hydrogen-bond acceptors (Lipinski definition) is 4. The van der Waals surface area contributed by atoms with E-state index in [0.29, 0.717) is 13.0 Å². The van der Waals surface area contributed by atoms with Gasteiger partial charge in [0.05, 0.1) is 0 Å². The number of fused-ring (bicyclic) bond motifs is 1. The second kappa shape index (κ2) is 8.74. The number of hydrogen-bond donors (Lipinski definition) is 2. The number of rotatable bonds is 3. The monoisotopic (exact) mass is 487 g/mol. The van der Waals surface area contributed by atoms with Crippen LogP contribution in [0, 0.1) is 5.41 Å². The summed E-state index contributed by atoms with van der Waals surface area (Å²) in [5.74, 6) is 3.17. The van der Waals surface area contributed by atoms with Crippen molar-refractivity contribution in [2.45, 2.75) is 58.5 Å². The summed E-state index contributed by atoms with van der Waals surface area (Å²) in [4.78, 5) is 18.9. The minimum absolute atomic E-state index is 0. The standard InChI is InChI=1S/C18H29N7O.HI/c1-2-19-17(20-11-15-23-22-14-6-3-4-9-25(14)15)24-8-5-7-18(13-24)10-16(26)21-12-18;/h2-13H2,1H3,(H,19,20)(H,21,26);1H. The topological polar surface area (TPSA) is 87.4 Å². The molecule has 8 nitrogen and oxygen atoms in total. The number of aromatic nitrogens is 3. The molecule has 2 fully saturated rings. The van der Waals surface area contributed by atoms with E-state index in [0.717, 1.165) is 69.6 Å². The highest BCUT2D eigenvalue weighted by Gasteiger charge is 2.42. The Kier molecular flexibility index (Phi) is 6.59. The van der Waals surface area contributed by atoms with Crippen molar-refractivity contribution in [3.05, 3.63) is 11.6 Å². The van der Waals surface area contributed by atoms with Crippen molar-refractivity contribution in [3.63, 3.8) is 0 Å². The van der Waals surface area contributed by atoms with Crippen LogP contribution < -0.4 is 10.6 Å². The molecule has 1 aromatic rings. The Morgan fingerprint density at radius 2 is 2.19 bits per heavy atom. The lowest BCUT2D eigenvalue weighted by Crippen LogP contribution is -2.51. The summed E-state index contributed by atoms with van der Waals surface area (Å²) in [5.41, 5.74) is 0.0690. The van der Waals surface area contributed by atoms with E-state index in [-0.39, 0.29) is 35.3 Å². The summed E-state index contributed by atoms with van der Waals surface area (Å²) in [6.07, 6.45) is 6.26. The number of carbonyl (C=O) groups excluding carboxylic acids is 1. The second-order valence-electron chi connectivity index (χ2n) is 7.79. The van der Waals surface area contributed by atoms with Gasteiger partial charge in [-0.05, 0) is 32.6 Å². The van der Waals surface area contributed by atoms with Gasteiger partial charge >= 0.3 is 0 Å². The van der Waals surface area contributed by atoms with E-state index >= 15 is 0 Å². The predicted molar refractivity (Wildman–Crippen MR) is 114 cm³/mol. The zero-order valence-electron chi connectivity index (χ0n) is 16.0. The number of nitrogens with zero attached hydrogens (tertiary/aromatic N) is 5. The molecule has 1 amide bonds. The molecule has 4 rings (SSSR count). The summed E-state index contributed by atoms with van der Waals surface area (Å²) < 4.78 is 2.23. The number of aryl methyl sites for hydroxylation is 1. The fraction of sp³-hybridized carbons (Fsp3) is 0.778. The summed E-state index contributed by atoms with van der Waals surface area (Å²) in [6, 6.07) is 0. The van der Waals surface area contributed by atoms with Gasteiger partial charge in [0.15, 0.2) is 11.8 Å². The van der Waals surface area contributed by atoms with Crippen LogP contribution in [0.2, 0.25) is 0 Å². The highest BCUT2D eigenvalue weighted by atomic mass is 127. The van der Waals surface area contributed by atoms with Crippen molar-refractivity contribution in [1.29, 1.82) is 0 Å². The van der Waals surface area contributed by atoms with Crippen molar-refractivity contribution in [3.8, 4) is 0 Å². The van der Waals surface area contributed by atoms with E-state index in [1.54, 1.807) is 0 Å². The lowest BCUT2D eigenvalue weighted by Gasteiger charge is -2.40. The Labute approximate surface area is 177 Å². The van der Waals surface area contributed by atoms with E-state index < -0.39 is 0 Å². The van der Waals surface area contributed by atoms with Crippen LogP contribution in [0.1, 0.15) is 50.7 Å². The lowest BCUT2D eigenvalue weighted by molar-refractivity contribution is -0.119. The van der Waals surface area contributed by atoms with Crippen molar-refractivity contribution in [2.75, 3.05) is 26.2 Å². The van der Waals surface area contributed by atoms with Crippen LogP contribution in [-0.2, 0) is 24.3 Å². The first-order chi connectivity index (χ1) is 12.7. The van der Waals surface area contributed by atoms with E-state index in [1.165, 1.54) is 12.8 Å². The molecule has 0 saturated carbocycles. The van der Waals surface area contributed by atoms with Crippen molar-refractivity contribution < 1.29 is 4.79 Å². The third-order valence-corrected chi connectivity index (χ3v) is 5.80. The third kappa shape index (κ3) is 4.38. The van der Waals surface area contributed by atoms with Crippen molar-refractivity contribution in [1.82, 2.24) is 30.3 Å². The van der Waals surface area contributed by atoms with Gasteiger partial charge in [-0.25, -0.2) is 4.99 Å². The third-order valence-electron chi connectivity index (χ3n) is 5.80. The minimum Gasteiger partial charge on any atom is -0.357 e. The maximum atomic E-state index is 11.7. The Morgan fingerprint density at radius 1 is 1.30 bits per heavy atom. The Morgan fingerprint density at radius 3 is 2.96 bits per heavy atom. The quantitative estimate of drug-likeness (QED) is 0.382. The molecule has 3 aliphatic heterocycles. The van der Waals surface area contributed by atoms with E-state index in [9.17, 15) is 4.79 Å². The largest absolute Gasteiger partial charge is 0.357 e. The molecule has 0 radical (unpaired) electrons. The Bertz CT molecular complexity index is 704. The summed E-state index contributed by atoms with van der Waals surface area (Å²) in [7, 11) is 0. The molecule has 0 bridgehead atoms. The first kappa shape index (κ1) is 20.3. The van der Waals surface area contributed by atoms with Gasteiger partial charge in [-0.2, -0.15) is 0 Å². The van der Waals surface area contributed by atoms with Gasteiger partial charge in [0.2, 0.25) is 5.91 Å². The predicted octanol–water partition coefficient (Wildman–Crippen LogP) is 1.30. The van der Waals surface area contributed by atoms with E-state index in [2.05, 4.69) is 37.2 Å². The molecule has 0 aromatic carbocycles. The molecule has 1 spiro atoms. The highest BCUT2D eigenvalue weighted by molar-refractivity contribution is 14.0. The summed E-state index contributed by atoms with van der Waals surface area (Å²) in [6.45, 7) is 7.14. The first-order valence-electron chi connectivity index (χ1n) is 9.90. The maximum Gasteiger partial charge on any atom is 0.220 e. The number of aliphatic imine (C=N–C) groups is 1. The molecule has 1 aromatic heterocycles.